The van der Waals surface area contributed by atoms with Gasteiger partial charge in [-0.2, -0.15) is 0 Å². The normalized spacial score (nSPS) is 19.8. The second kappa shape index (κ2) is 9.12. The van der Waals surface area contributed by atoms with Crippen LogP contribution in [0.5, 0.6) is 0 Å². The van der Waals surface area contributed by atoms with E-state index in [0.29, 0.717) is 38.8 Å². The zero-order valence-corrected chi connectivity index (χ0v) is 21.6. The van der Waals surface area contributed by atoms with Crippen molar-refractivity contribution in [3.63, 3.8) is 0 Å². The molecule has 0 saturated carbocycles. The van der Waals surface area contributed by atoms with Crippen LogP contribution in [0.25, 0.3) is 21.9 Å². The fraction of sp³-hybridized carbons (Fsp3) is 0.320. The van der Waals surface area contributed by atoms with Gasteiger partial charge in [0.15, 0.2) is 0 Å². The van der Waals surface area contributed by atoms with Gasteiger partial charge in [0.1, 0.15) is 46.6 Å². The molecule has 4 heterocycles. The number of amides is 2. The molecule has 0 radical (unpaired) electrons. The molecule has 186 valence electrons. The van der Waals surface area contributed by atoms with Crippen LogP contribution >= 0.6 is 15.9 Å². The Morgan fingerprint density at radius 1 is 1.25 bits per heavy atom. The zero-order valence-electron chi connectivity index (χ0n) is 20.0. The number of fused-ring (bicyclic) bond motifs is 3. The largest absolute Gasteiger partial charge is 0.383 e. The summed E-state index contributed by atoms with van der Waals surface area (Å²) in [5.74, 6) is -0.418. The highest BCUT2D eigenvalue weighted by Crippen LogP contribution is 2.35. The van der Waals surface area contributed by atoms with Gasteiger partial charge in [0.25, 0.3) is 0 Å². The van der Waals surface area contributed by atoms with Crippen molar-refractivity contribution in [1.29, 1.82) is 0 Å². The van der Waals surface area contributed by atoms with Crippen molar-refractivity contribution < 1.29 is 14.0 Å². The second-order valence-electron chi connectivity index (χ2n) is 9.29. The highest BCUT2D eigenvalue weighted by molar-refractivity contribution is 9.10. The maximum absolute atomic E-state index is 15.2. The van der Waals surface area contributed by atoms with Crippen LogP contribution in [0, 0.1) is 18.7 Å². The third kappa shape index (κ3) is 4.06. The molecule has 3 aromatic heterocycles. The van der Waals surface area contributed by atoms with Crippen LogP contribution in [0.4, 0.5) is 16.0 Å². The predicted molar refractivity (Wildman–Crippen MR) is 139 cm³/mol. The summed E-state index contributed by atoms with van der Waals surface area (Å²) in [5.41, 5.74) is 7.45. The minimum absolute atomic E-state index is 0.0932. The number of hydrogen-bond donors (Lipinski definition) is 2. The van der Waals surface area contributed by atoms with Crippen LogP contribution in [0.15, 0.2) is 41.3 Å². The topological polar surface area (TPSA) is 119 Å². The third-order valence-corrected chi connectivity index (χ3v) is 7.34. The number of nitrogens with two attached hydrogens (primary N) is 1. The van der Waals surface area contributed by atoms with E-state index in [-0.39, 0.29) is 41.7 Å². The molecule has 9 nitrogen and oxygen atoms in total. The highest BCUT2D eigenvalue weighted by atomic mass is 79.9. The summed E-state index contributed by atoms with van der Waals surface area (Å²) in [7, 11) is 0. The quantitative estimate of drug-likeness (QED) is 0.368. The van der Waals surface area contributed by atoms with E-state index in [1.807, 2.05) is 19.9 Å². The molecular formula is C25H25BrFN7O2. The van der Waals surface area contributed by atoms with Gasteiger partial charge < -0.3 is 20.5 Å². The second-order valence-corrected chi connectivity index (χ2v) is 10.1. The van der Waals surface area contributed by atoms with E-state index < -0.39 is 11.9 Å². The van der Waals surface area contributed by atoms with Crippen molar-refractivity contribution >= 4 is 61.3 Å². The Kier molecular flexibility index (Phi) is 6.11. The molecule has 3 atom stereocenters. The average Bonchev–Trinajstić information content (AvgIpc) is 3.29. The first-order chi connectivity index (χ1) is 17.2. The molecule has 1 aliphatic heterocycles. The van der Waals surface area contributed by atoms with E-state index in [4.69, 9.17) is 5.73 Å². The van der Waals surface area contributed by atoms with Crippen molar-refractivity contribution in [2.45, 2.75) is 45.8 Å². The Hall–Kier alpha value is -3.60. The summed E-state index contributed by atoms with van der Waals surface area (Å²) in [6.45, 7) is 5.51. The highest BCUT2D eigenvalue weighted by Gasteiger charge is 2.43. The summed E-state index contributed by atoms with van der Waals surface area (Å²) < 4.78 is 17.3. The maximum atomic E-state index is 15.2. The molecular weight excluding hydrogens is 529 g/mol. The van der Waals surface area contributed by atoms with Gasteiger partial charge in [-0.3, -0.25) is 9.59 Å². The molecule has 1 aliphatic rings. The number of nitrogens with zero attached hydrogens (tertiary/aromatic N) is 5. The lowest BCUT2D eigenvalue weighted by Crippen LogP contribution is -2.47. The average molecular weight is 554 g/mol. The number of halogens is 2. The summed E-state index contributed by atoms with van der Waals surface area (Å²) in [6.07, 6.45) is 1.80. The lowest BCUT2D eigenvalue weighted by atomic mass is 10.0. The molecule has 1 fully saturated rings. The first-order valence-electron chi connectivity index (χ1n) is 11.6. The van der Waals surface area contributed by atoms with Gasteiger partial charge in [-0.25, -0.2) is 19.3 Å². The zero-order chi connectivity index (χ0) is 25.7. The first-order valence-corrected chi connectivity index (χ1v) is 12.4. The molecule has 3 N–H and O–H groups in total. The van der Waals surface area contributed by atoms with Gasteiger partial charge in [-0.1, -0.05) is 13.0 Å². The SMILES string of the molecule is Cc1cc(F)c2c(c1)c1c(N)ncnc1n2CC(=O)N1[C@H](C)[C@H](C)C[C@H]1C(=O)Nc1cccc(Br)n1. The van der Waals surface area contributed by atoms with Crippen LogP contribution in [0.3, 0.4) is 0 Å². The fourth-order valence-corrected chi connectivity index (χ4v) is 5.41. The molecule has 4 aromatic rings. The van der Waals surface area contributed by atoms with Crippen LogP contribution in [0.1, 0.15) is 25.8 Å². The monoisotopic (exact) mass is 553 g/mol. The van der Waals surface area contributed by atoms with Crippen molar-refractivity contribution in [2.24, 2.45) is 5.92 Å². The number of aryl methyl sites for hydroxylation is 1. The molecule has 11 heteroatoms. The van der Waals surface area contributed by atoms with Crippen molar-refractivity contribution in [3.8, 4) is 0 Å². The Morgan fingerprint density at radius 2 is 2.03 bits per heavy atom. The van der Waals surface area contributed by atoms with E-state index in [1.54, 1.807) is 30.0 Å². The van der Waals surface area contributed by atoms with Gasteiger partial charge in [-0.15, -0.1) is 0 Å². The van der Waals surface area contributed by atoms with Gasteiger partial charge in [0.2, 0.25) is 11.8 Å². The summed E-state index contributed by atoms with van der Waals surface area (Å²) >= 11 is 3.30. The van der Waals surface area contributed by atoms with Crippen LogP contribution in [0.2, 0.25) is 0 Å². The minimum Gasteiger partial charge on any atom is -0.383 e. The van der Waals surface area contributed by atoms with Gasteiger partial charge >= 0.3 is 0 Å². The van der Waals surface area contributed by atoms with E-state index in [2.05, 4.69) is 36.2 Å². The smallest absolute Gasteiger partial charge is 0.248 e. The Labute approximate surface area is 215 Å². The van der Waals surface area contributed by atoms with E-state index in [9.17, 15) is 9.59 Å². The number of anilines is 2. The number of carbonyl (C=O) groups excluding carboxylic acids is 2. The van der Waals surface area contributed by atoms with Gasteiger partial charge in [-0.05, 0) is 71.9 Å². The Morgan fingerprint density at radius 3 is 2.78 bits per heavy atom. The molecule has 5 rings (SSSR count). The van der Waals surface area contributed by atoms with E-state index >= 15 is 4.39 Å². The number of benzene rings is 1. The molecule has 36 heavy (non-hydrogen) atoms. The number of rotatable bonds is 4. The number of pyridine rings is 1. The summed E-state index contributed by atoms with van der Waals surface area (Å²) in [6, 6.07) is 7.54. The lowest BCUT2D eigenvalue weighted by molar-refractivity contribution is -0.139. The predicted octanol–water partition coefficient (Wildman–Crippen LogP) is 4.04. The summed E-state index contributed by atoms with van der Waals surface area (Å²) in [5, 5.41) is 3.86. The Bertz CT molecular complexity index is 1520. The minimum atomic E-state index is -0.692. The molecule has 1 saturated heterocycles. The number of nitrogens with one attached hydrogen (secondary N) is 1. The van der Waals surface area contributed by atoms with Gasteiger partial charge in [0, 0.05) is 11.4 Å². The van der Waals surface area contributed by atoms with Crippen molar-refractivity contribution in [2.75, 3.05) is 11.1 Å². The van der Waals surface area contributed by atoms with Crippen LogP contribution in [-0.4, -0.2) is 48.3 Å². The molecule has 0 spiro atoms. The van der Waals surface area contributed by atoms with Crippen molar-refractivity contribution in [3.05, 3.63) is 52.6 Å². The van der Waals surface area contributed by atoms with Crippen LogP contribution in [-0.2, 0) is 16.1 Å². The summed E-state index contributed by atoms with van der Waals surface area (Å²) in [4.78, 5) is 41.2. The number of aromatic nitrogens is 4. The molecule has 0 aliphatic carbocycles. The number of carbonyl (C=O) groups is 2. The molecule has 0 unspecified atom stereocenters. The number of hydrogen-bond acceptors (Lipinski definition) is 6. The fourth-order valence-electron chi connectivity index (χ4n) is 5.07. The molecule has 2 amide bonds. The van der Waals surface area contributed by atoms with Crippen molar-refractivity contribution in [1.82, 2.24) is 24.4 Å². The van der Waals surface area contributed by atoms with E-state index in [1.165, 1.54) is 17.0 Å². The number of likely N-dealkylation sites (tertiary alicyclic amines) is 1. The maximum Gasteiger partial charge on any atom is 0.248 e. The van der Waals surface area contributed by atoms with Gasteiger partial charge in [0.05, 0.1) is 10.9 Å². The standard InChI is InChI=1S/C25H25BrFN7O2/c1-12-7-15-21-23(28)29-11-30-24(21)33(22(15)16(27)8-12)10-20(35)34-14(3)13(2)9-17(34)25(36)32-19-6-4-5-18(26)31-19/h4-8,11,13-14,17H,9-10H2,1-3H3,(H2,28,29,30)(H,31,32,36)/t13-,14-,17+/m1/s1. The van der Waals surface area contributed by atoms with Crippen LogP contribution < -0.4 is 11.1 Å². The number of nitrogen functional groups attached to an aromatic ring is 1. The lowest BCUT2D eigenvalue weighted by Gasteiger charge is -2.29. The molecule has 0 bridgehead atoms. The molecule has 1 aromatic carbocycles. The van der Waals surface area contributed by atoms with E-state index in [0.717, 1.165) is 0 Å². The Balaban J connectivity index is 1.52. The first kappa shape index (κ1) is 24.1. The third-order valence-electron chi connectivity index (χ3n) is 6.90.